The van der Waals surface area contributed by atoms with Crippen LogP contribution in [0.1, 0.15) is 20.6 Å². The summed E-state index contributed by atoms with van der Waals surface area (Å²) in [6, 6.07) is 7.50. The molecular formula is C44H26O2. The third-order valence-electron chi connectivity index (χ3n) is 8.48. The van der Waals surface area contributed by atoms with Gasteiger partial charge in [0.25, 0.3) is 0 Å². The Morgan fingerprint density at radius 3 is 1.85 bits per heavy atom. The highest BCUT2D eigenvalue weighted by Crippen LogP contribution is 2.51. The average Bonchev–Trinajstić information content (AvgIpc) is 3.86. The van der Waals surface area contributed by atoms with Crippen LogP contribution in [0, 0.1) is 0 Å². The first-order valence-corrected chi connectivity index (χ1v) is 14.5. The normalized spacial score (nSPS) is 16.5. The lowest BCUT2D eigenvalue weighted by atomic mass is 9.83. The van der Waals surface area contributed by atoms with Crippen LogP contribution in [-0.4, -0.2) is 0 Å². The second-order valence-electron chi connectivity index (χ2n) is 10.9. The lowest BCUT2D eigenvalue weighted by Crippen LogP contribution is -1.92. The minimum atomic E-state index is -0.778. The van der Waals surface area contributed by atoms with E-state index in [2.05, 4.69) is 0 Å². The minimum Gasteiger partial charge on any atom is -0.463 e. The first-order valence-electron chi connectivity index (χ1n) is 22.0. The monoisotopic (exact) mass is 601 g/mol. The molecule has 0 radical (unpaired) electrons. The van der Waals surface area contributed by atoms with Crippen LogP contribution in [0.2, 0.25) is 0 Å². The summed E-state index contributed by atoms with van der Waals surface area (Å²) in [5.74, 6) is 0. The molecule has 214 valence electrons. The highest BCUT2D eigenvalue weighted by atomic mass is 16.3. The van der Waals surface area contributed by atoms with Gasteiger partial charge in [-0.05, 0) is 61.1 Å². The molecule has 0 aliphatic carbocycles. The van der Waals surface area contributed by atoms with E-state index in [-0.39, 0.29) is 38.3 Å². The number of furan rings is 2. The minimum absolute atomic E-state index is 0.0789. The van der Waals surface area contributed by atoms with Crippen LogP contribution in [0.15, 0.2) is 166 Å². The maximum atomic E-state index is 9.61. The van der Waals surface area contributed by atoms with Crippen molar-refractivity contribution in [1.82, 2.24) is 0 Å². The standard InChI is InChI=1S/C44H26O2/c1-2-13-28(14-3-1)37-26-45-44-36(37)25-39-42(35-22-10-11-24-38(35)46-39)43(44)41-33-20-8-6-18-31(33)40(32-19-7-9-21-34(32)41)30-23-12-16-27-15-4-5-17-29(27)30/h1-26H/i4D,5D,6D,7D,8D,9D,12D,15D,16D,17D,18D,19D,20D,21D,23D. The molecular weight excluding hydrogens is 560 g/mol. The highest BCUT2D eigenvalue weighted by Gasteiger charge is 2.25. The molecule has 0 saturated heterocycles. The molecule has 10 aromatic rings. The van der Waals surface area contributed by atoms with Crippen LogP contribution >= 0.6 is 0 Å². The first kappa shape index (κ1) is 14.8. The van der Waals surface area contributed by atoms with Gasteiger partial charge in [0, 0.05) is 32.8 Å². The average molecular weight is 602 g/mol. The zero-order valence-electron chi connectivity index (χ0n) is 38.7. The molecule has 46 heavy (non-hydrogen) atoms. The van der Waals surface area contributed by atoms with E-state index in [1.54, 1.807) is 30.3 Å². The van der Waals surface area contributed by atoms with E-state index < -0.39 is 113 Å². The zero-order chi connectivity index (χ0) is 43.2. The number of hydrogen-bond donors (Lipinski definition) is 0. The van der Waals surface area contributed by atoms with Crippen LogP contribution in [0.25, 0.3) is 98.6 Å². The second kappa shape index (κ2) is 9.69. The molecule has 0 spiro atoms. The molecule has 10 rings (SSSR count). The fraction of sp³-hybridized carbons (Fsp3) is 0. The number of rotatable bonds is 3. The highest BCUT2D eigenvalue weighted by molar-refractivity contribution is 6.30. The number of benzene rings is 8. The Morgan fingerprint density at radius 1 is 0.457 bits per heavy atom. The SMILES string of the molecule is [2H]c1c([2H])c([2H])c2c(-c3c4c([2H])c([2H])c([2H])c([2H])c4c(-c4c5occ(-c6ccccc6)c5cc5oc6ccccc6c45)c4c([2H])c([2H])c([2H])c([2H])c34)c([2H])c([2H])c([2H])c2c1[2H]. The van der Waals surface area contributed by atoms with Gasteiger partial charge >= 0.3 is 0 Å². The molecule has 0 aliphatic heterocycles. The van der Waals surface area contributed by atoms with E-state index in [0.717, 1.165) is 5.56 Å². The molecule has 0 atom stereocenters. The lowest BCUT2D eigenvalue weighted by molar-refractivity contribution is 0.618. The molecule has 0 fully saturated rings. The molecule has 2 heterocycles. The van der Waals surface area contributed by atoms with E-state index >= 15 is 0 Å². The molecule has 2 heteroatoms. The topological polar surface area (TPSA) is 26.3 Å². The van der Waals surface area contributed by atoms with Crippen molar-refractivity contribution in [2.45, 2.75) is 0 Å². The molecule has 2 nitrogen and oxygen atoms in total. The van der Waals surface area contributed by atoms with E-state index in [0.29, 0.717) is 32.9 Å². The Bertz CT molecular complexity index is 3560. The molecule has 8 aromatic carbocycles. The van der Waals surface area contributed by atoms with Gasteiger partial charge in [0.1, 0.15) is 16.7 Å². The van der Waals surface area contributed by atoms with Crippen molar-refractivity contribution in [1.29, 1.82) is 0 Å². The number of fused-ring (bicyclic) bond motifs is 7. The van der Waals surface area contributed by atoms with Gasteiger partial charge in [-0.1, -0.05) is 139 Å². The zero-order valence-corrected chi connectivity index (χ0v) is 23.7. The Hall–Kier alpha value is -6.12. The van der Waals surface area contributed by atoms with Crippen molar-refractivity contribution in [3.63, 3.8) is 0 Å². The van der Waals surface area contributed by atoms with Crippen LogP contribution < -0.4 is 0 Å². The van der Waals surface area contributed by atoms with E-state index in [1.807, 2.05) is 30.3 Å². The largest absolute Gasteiger partial charge is 0.463 e. The molecule has 0 amide bonds. The van der Waals surface area contributed by atoms with E-state index in [4.69, 9.17) is 22.5 Å². The molecule has 0 bridgehead atoms. The first-order chi connectivity index (χ1) is 29.1. The predicted octanol–water partition coefficient (Wildman–Crippen LogP) is 12.8. The van der Waals surface area contributed by atoms with Crippen LogP contribution in [0.4, 0.5) is 0 Å². The molecule has 0 aliphatic rings. The Morgan fingerprint density at radius 2 is 1.09 bits per heavy atom. The summed E-state index contributed by atoms with van der Waals surface area (Å²) in [7, 11) is 0. The molecule has 0 N–H and O–H groups in total. The van der Waals surface area contributed by atoms with Gasteiger partial charge in [0.15, 0.2) is 0 Å². The van der Waals surface area contributed by atoms with Gasteiger partial charge in [0.2, 0.25) is 0 Å². The molecule has 0 unspecified atom stereocenters. The summed E-state index contributed by atoms with van der Waals surface area (Å²) in [6.07, 6.45) is 1.53. The van der Waals surface area contributed by atoms with Gasteiger partial charge in [-0.2, -0.15) is 0 Å². The molecule has 0 saturated carbocycles. The fourth-order valence-electron chi connectivity index (χ4n) is 6.58. The smallest absolute Gasteiger partial charge is 0.143 e. The van der Waals surface area contributed by atoms with Gasteiger partial charge in [-0.3, -0.25) is 0 Å². The maximum Gasteiger partial charge on any atom is 0.143 e. The van der Waals surface area contributed by atoms with Crippen LogP contribution in [0.3, 0.4) is 0 Å². The van der Waals surface area contributed by atoms with E-state index in [9.17, 15) is 6.85 Å². The summed E-state index contributed by atoms with van der Waals surface area (Å²) < 4.78 is 149. The second-order valence-corrected chi connectivity index (χ2v) is 10.9. The Kier molecular flexibility index (Phi) is 3.11. The summed E-state index contributed by atoms with van der Waals surface area (Å²) in [5.41, 5.74) is 1.59. The summed E-state index contributed by atoms with van der Waals surface area (Å²) in [6.45, 7) is 0. The van der Waals surface area contributed by atoms with E-state index in [1.165, 1.54) is 6.26 Å². The predicted molar refractivity (Wildman–Crippen MR) is 192 cm³/mol. The fourth-order valence-corrected chi connectivity index (χ4v) is 6.58. The summed E-state index contributed by atoms with van der Waals surface area (Å²) in [5, 5.41) is -0.642. The quantitative estimate of drug-likeness (QED) is 0.188. The van der Waals surface area contributed by atoms with Gasteiger partial charge in [-0.25, -0.2) is 0 Å². The summed E-state index contributed by atoms with van der Waals surface area (Å²) in [4.78, 5) is 0. The Balaban J connectivity index is 1.58. The Labute approximate surface area is 285 Å². The van der Waals surface area contributed by atoms with Crippen molar-refractivity contribution < 1.29 is 29.4 Å². The van der Waals surface area contributed by atoms with Crippen molar-refractivity contribution in [2.75, 3.05) is 0 Å². The van der Waals surface area contributed by atoms with Gasteiger partial charge in [0.05, 0.1) is 26.8 Å². The third-order valence-corrected chi connectivity index (χ3v) is 8.48. The summed E-state index contributed by atoms with van der Waals surface area (Å²) >= 11 is 0. The number of hydrogen-bond acceptors (Lipinski definition) is 2. The third kappa shape index (κ3) is 3.53. The van der Waals surface area contributed by atoms with Gasteiger partial charge in [-0.15, -0.1) is 0 Å². The lowest BCUT2D eigenvalue weighted by Gasteiger charge is -2.19. The van der Waals surface area contributed by atoms with Crippen molar-refractivity contribution in [3.05, 3.63) is 158 Å². The van der Waals surface area contributed by atoms with Crippen LogP contribution in [-0.2, 0) is 0 Å². The van der Waals surface area contributed by atoms with Crippen molar-refractivity contribution in [2.24, 2.45) is 0 Å². The van der Waals surface area contributed by atoms with Crippen LogP contribution in [0.5, 0.6) is 0 Å². The maximum absolute atomic E-state index is 9.61. The molecule has 2 aromatic heterocycles. The number of para-hydroxylation sites is 1. The van der Waals surface area contributed by atoms with Crippen molar-refractivity contribution >= 4 is 65.2 Å². The van der Waals surface area contributed by atoms with Gasteiger partial charge < -0.3 is 8.83 Å². The van der Waals surface area contributed by atoms with Crippen molar-refractivity contribution in [3.8, 4) is 33.4 Å².